The monoisotopic (exact) mass is 263 g/mol. The van der Waals surface area contributed by atoms with Crippen LogP contribution in [0.15, 0.2) is 23.0 Å². The number of rotatable bonds is 4. The van der Waals surface area contributed by atoms with Gasteiger partial charge in [0.05, 0.1) is 12.2 Å². The maximum Gasteiger partial charge on any atom is 0.239 e. The fourth-order valence-electron chi connectivity index (χ4n) is 1.36. The zero-order valence-corrected chi connectivity index (χ0v) is 11.2. The first kappa shape index (κ1) is 13.1. The van der Waals surface area contributed by atoms with Crippen LogP contribution in [0.1, 0.15) is 26.6 Å². The molecule has 2 heterocycles. The van der Waals surface area contributed by atoms with E-state index in [0.29, 0.717) is 29.8 Å². The molecule has 0 radical (unpaired) electrons. The van der Waals surface area contributed by atoms with Crippen molar-refractivity contribution in [2.45, 2.75) is 32.9 Å². The highest BCUT2D eigenvalue weighted by atomic mass is 16.5. The van der Waals surface area contributed by atoms with Crippen LogP contribution in [0.5, 0.6) is 5.88 Å². The number of nitrogens with zero attached hydrogens (tertiary/aromatic N) is 3. The molecule has 0 aliphatic carbocycles. The Bertz CT molecular complexity index is 534. The van der Waals surface area contributed by atoms with Crippen molar-refractivity contribution in [3.8, 4) is 5.88 Å². The van der Waals surface area contributed by atoms with Crippen molar-refractivity contribution < 1.29 is 9.26 Å². The summed E-state index contributed by atoms with van der Waals surface area (Å²) < 4.78 is 10.3. The van der Waals surface area contributed by atoms with Gasteiger partial charge in [0.1, 0.15) is 11.4 Å². The molecule has 0 unspecified atom stereocenters. The zero-order chi connectivity index (χ0) is 13.9. The summed E-state index contributed by atoms with van der Waals surface area (Å²) in [5.41, 5.74) is 5.98. The van der Waals surface area contributed by atoms with Crippen molar-refractivity contribution >= 4 is 11.5 Å². The van der Waals surface area contributed by atoms with E-state index in [4.69, 9.17) is 10.5 Å². The third kappa shape index (κ3) is 3.84. The van der Waals surface area contributed by atoms with E-state index >= 15 is 0 Å². The lowest BCUT2D eigenvalue weighted by Gasteiger charge is -2.21. The van der Waals surface area contributed by atoms with Crippen molar-refractivity contribution in [2.24, 2.45) is 0 Å². The van der Waals surface area contributed by atoms with E-state index in [2.05, 4.69) is 25.0 Å². The number of nitrogens with two attached hydrogens (primary N) is 1. The van der Waals surface area contributed by atoms with Crippen LogP contribution in [0, 0.1) is 0 Å². The van der Waals surface area contributed by atoms with Crippen LogP contribution in [0.25, 0.3) is 0 Å². The molecule has 0 fully saturated rings. The largest absolute Gasteiger partial charge is 0.470 e. The summed E-state index contributed by atoms with van der Waals surface area (Å²) in [6.07, 6.45) is 1.28. The highest BCUT2D eigenvalue weighted by Crippen LogP contribution is 2.24. The van der Waals surface area contributed by atoms with Crippen molar-refractivity contribution in [1.29, 1.82) is 0 Å². The number of hydrogen-bond acceptors (Lipinski definition) is 7. The van der Waals surface area contributed by atoms with Gasteiger partial charge in [-0.05, 0) is 32.9 Å². The van der Waals surface area contributed by atoms with Gasteiger partial charge in [0, 0.05) is 0 Å². The third-order valence-corrected chi connectivity index (χ3v) is 2.13. The van der Waals surface area contributed by atoms with Crippen LogP contribution in [-0.2, 0) is 6.54 Å². The molecule has 0 saturated heterocycles. The topological polar surface area (TPSA) is 99.1 Å². The quantitative estimate of drug-likeness (QED) is 0.868. The number of hydrogen-bond donors (Lipinski definition) is 2. The van der Waals surface area contributed by atoms with E-state index in [1.165, 1.54) is 6.39 Å². The lowest BCUT2D eigenvalue weighted by atomic mass is 10.2. The highest BCUT2D eigenvalue weighted by Gasteiger charge is 2.15. The standard InChI is InChI=1S/C12H17N5O2/c1-12(2,3)19-11-8(13)4-5-9(16-11)14-6-10-15-7-18-17-10/h4-5,7H,6,13H2,1-3H3,(H,14,16). The minimum Gasteiger partial charge on any atom is -0.470 e. The number of aromatic nitrogens is 3. The van der Waals surface area contributed by atoms with E-state index in [-0.39, 0.29) is 5.60 Å². The Labute approximate surface area is 111 Å². The molecule has 7 heteroatoms. The van der Waals surface area contributed by atoms with E-state index in [0.717, 1.165) is 0 Å². The number of ether oxygens (including phenoxy) is 1. The summed E-state index contributed by atoms with van der Waals surface area (Å²) in [4.78, 5) is 8.22. The lowest BCUT2D eigenvalue weighted by Crippen LogP contribution is -2.24. The van der Waals surface area contributed by atoms with E-state index in [1.54, 1.807) is 12.1 Å². The molecule has 102 valence electrons. The first-order valence-corrected chi connectivity index (χ1v) is 5.89. The average Bonchev–Trinajstić information content (AvgIpc) is 2.81. The molecule has 7 nitrogen and oxygen atoms in total. The first-order chi connectivity index (χ1) is 8.94. The predicted octanol–water partition coefficient (Wildman–Crippen LogP) is 1.84. The Balaban J connectivity index is 2.07. The number of anilines is 2. The third-order valence-electron chi connectivity index (χ3n) is 2.13. The maximum absolute atomic E-state index is 5.83. The SMILES string of the molecule is CC(C)(C)Oc1nc(NCc2ncon2)ccc1N. The molecule has 0 aromatic carbocycles. The molecule has 19 heavy (non-hydrogen) atoms. The average molecular weight is 263 g/mol. The van der Waals surface area contributed by atoms with Gasteiger partial charge >= 0.3 is 0 Å². The van der Waals surface area contributed by atoms with Crippen molar-refractivity contribution in [3.63, 3.8) is 0 Å². The lowest BCUT2D eigenvalue weighted by molar-refractivity contribution is 0.125. The minimum absolute atomic E-state index is 0.354. The van der Waals surface area contributed by atoms with Crippen LogP contribution in [-0.4, -0.2) is 20.7 Å². The summed E-state index contributed by atoms with van der Waals surface area (Å²) in [6, 6.07) is 3.51. The van der Waals surface area contributed by atoms with E-state index in [9.17, 15) is 0 Å². The van der Waals surface area contributed by atoms with Crippen LogP contribution in [0.3, 0.4) is 0 Å². The number of nitrogens with one attached hydrogen (secondary N) is 1. The second-order valence-electron chi connectivity index (χ2n) is 5.01. The van der Waals surface area contributed by atoms with Gasteiger partial charge in [-0.2, -0.15) is 9.97 Å². The molecule has 0 bridgehead atoms. The molecule has 2 aromatic heterocycles. The number of pyridine rings is 1. The molecule has 0 spiro atoms. The van der Waals surface area contributed by atoms with Gasteiger partial charge in [-0.25, -0.2) is 0 Å². The van der Waals surface area contributed by atoms with Gasteiger partial charge in [-0.3, -0.25) is 0 Å². The minimum atomic E-state index is -0.354. The molecule has 0 aliphatic heterocycles. The van der Waals surface area contributed by atoms with Crippen molar-refractivity contribution in [2.75, 3.05) is 11.1 Å². The summed E-state index contributed by atoms with van der Waals surface area (Å²) in [7, 11) is 0. The molecule has 0 amide bonds. The van der Waals surface area contributed by atoms with Gasteiger partial charge in [0.15, 0.2) is 5.82 Å². The van der Waals surface area contributed by atoms with Crippen LogP contribution < -0.4 is 15.8 Å². The zero-order valence-electron chi connectivity index (χ0n) is 11.2. The maximum atomic E-state index is 5.83. The second kappa shape index (κ2) is 5.13. The second-order valence-corrected chi connectivity index (χ2v) is 5.01. The van der Waals surface area contributed by atoms with E-state index < -0.39 is 0 Å². The van der Waals surface area contributed by atoms with Crippen LogP contribution >= 0.6 is 0 Å². The predicted molar refractivity (Wildman–Crippen MR) is 70.7 cm³/mol. The summed E-state index contributed by atoms with van der Waals surface area (Å²) >= 11 is 0. The Morgan fingerprint density at radius 2 is 2.16 bits per heavy atom. The molecular formula is C12H17N5O2. The molecule has 0 aliphatic rings. The summed E-state index contributed by atoms with van der Waals surface area (Å²) in [5.74, 6) is 1.60. The van der Waals surface area contributed by atoms with Crippen molar-refractivity contribution in [1.82, 2.24) is 15.1 Å². The van der Waals surface area contributed by atoms with Gasteiger partial charge in [0.25, 0.3) is 0 Å². The number of nitrogen functional groups attached to an aromatic ring is 1. The highest BCUT2D eigenvalue weighted by molar-refractivity contribution is 5.53. The van der Waals surface area contributed by atoms with E-state index in [1.807, 2.05) is 20.8 Å². The summed E-state index contributed by atoms with van der Waals surface area (Å²) in [6.45, 7) is 6.23. The van der Waals surface area contributed by atoms with Crippen molar-refractivity contribution in [3.05, 3.63) is 24.4 Å². The fourth-order valence-corrected chi connectivity index (χ4v) is 1.36. The van der Waals surface area contributed by atoms with Crippen LogP contribution in [0.4, 0.5) is 11.5 Å². The van der Waals surface area contributed by atoms with Gasteiger partial charge in [-0.15, -0.1) is 0 Å². The smallest absolute Gasteiger partial charge is 0.239 e. The molecule has 2 aromatic rings. The summed E-state index contributed by atoms with van der Waals surface area (Å²) in [5, 5.41) is 6.77. The molecule has 3 N–H and O–H groups in total. The fraction of sp³-hybridized carbons (Fsp3) is 0.417. The molecule has 2 rings (SSSR count). The van der Waals surface area contributed by atoms with Crippen LogP contribution in [0.2, 0.25) is 0 Å². The molecule has 0 saturated carbocycles. The molecule has 0 atom stereocenters. The first-order valence-electron chi connectivity index (χ1n) is 5.89. The Kier molecular flexibility index (Phi) is 3.55. The Hall–Kier alpha value is -2.31. The normalized spacial score (nSPS) is 11.3. The Morgan fingerprint density at radius 1 is 1.37 bits per heavy atom. The van der Waals surface area contributed by atoms with Gasteiger partial charge in [0.2, 0.25) is 12.3 Å². The Morgan fingerprint density at radius 3 is 2.79 bits per heavy atom. The molecular weight excluding hydrogens is 246 g/mol. The van der Waals surface area contributed by atoms with Gasteiger partial charge in [-0.1, -0.05) is 5.16 Å². The van der Waals surface area contributed by atoms with Gasteiger partial charge < -0.3 is 20.3 Å².